The number of hydrogen-bond acceptors (Lipinski definition) is 3. The SMILES string of the molecule is CC/C(=N\NC(=S)Nc1ccccc1)c1ccc(O)cc1. The van der Waals surface area contributed by atoms with Crippen LogP contribution in [0.3, 0.4) is 0 Å². The molecular formula is C16H17N3OS. The fourth-order valence-corrected chi connectivity index (χ4v) is 1.96. The average Bonchev–Trinajstić information content (AvgIpc) is 2.50. The highest BCUT2D eigenvalue weighted by Gasteiger charge is 2.02. The normalized spacial score (nSPS) is 11.0. The number of benzene rings is 2. The van der Waals surface area contributed by atoms with Gasteiger partial charge in [-0.1, -0.05) is 25.1 Å². The Morgan fingerprint density at radius 1 is 1.10 bits per heavy atom. The topological polar surface area (TPSA) is 56.7 Å². The largest absolute Gasteiger partial charge is 0.508 e. The van der Waals surface area contributed by atoms with Crippen LogP contribution in [-0.2, 0) is 0 Å². The molecule has 0 aliphatic carbocycles. The van der Waals surface area contributed by atoms with Gasteiger partial charge in [0.25, 0.3) is 0 Å². The fourth-order valence-electron chi connectivity index (χ4n) is 1.80. The van der Waals surface area contributed by atoms with E-state index in [1.54, 1.807) is 12.1 Å². The lowest BCUT2D eigenvalue weighted by molar-refractivity contribution is 0.475. The van der Waals surface area contributed by atoms with E-state index >= 15 is 0 Å². The Balaban J connectivity index is 2.00. The highest BCUT2D eigenvalue weighted by Crippen LogP contribution is 2.11. The van der Waals surface area contributed by atoms with Gasteiger partial charge in [-0.15, -0.1) is 0 Å². The summed E-state index contributed by atoms with van der Waals surface area (Å²) < 4.78 is 0. The average molecular weight is 299 g/mol. The second-order valence-electron chi connectivity index (χ2n) is 4.39. The van der Waals surface area contributed by atoms with Gasteiger partial charge in [0.1, 0.15) is 5.75 Å². The summed E-state index contributed by atoms with van der Waals surface area (Å²) in [7, 11) is 0. The summed E-state index contributed by atoms with van der Waals surface area (Å²) in [5, 5.41) is 17.1. The lowest BCUT2D eigenvalue weighted by Crippen LogP contribution is -2.25. The molecule has 0 atom stereocenters. The zero-order valence-corrected chi connectivity index (χ0v) is 12.5. The number of para-hydroxylation sites is 1. The molecule has 4 nitrogen and oxygen atoms in total. The van der Waals surface area contributed by atoms with E-state index in [1.807, 2.05) is 49.4 Å². The maximum atomic E-state index is 9.31. The van der Waals surface area contributed by atoms with Gasteiger partial charge in [0, 0.05) is 5.69 Å². The number of rotatable bonds is 4. The second kappa shape index (κ2) is 7.40. The monoisotopic (exact) mass is 299 g/mol. The van der Waals surface area contributed by atoms with Crippen molar-refractivity contribution in [2.45, 2.75) is 13.3 Å². The summed E-state index contributed by atoms with van der Waals surface area (Å²) in [6, 6.07) is 16.6. The summed E-state index contributed by atoms with van der Waals surface area (Å²) in [6.07, 6.45) is 0.756. The molecule has 2 rings (SSSR count). The van der Waals surface area contributed by atoms with Crippen molar-refractivity contribution in [3.63, 3.8) is 0 Å². The quantitative estimate of drug-likeness (QED) is 0.459. The molecule has 0 unspecified atom stereocenters. The maximum absolute atomic E-state index is 9.31. The van der Waals surface area contributed by atoms with Crippen molar-refractivity contribution in [2.24, 2.45) is 5.10 Å². The first kappa shape index (κ1) is 15.0. The van der Waals surface area contributed by atoms with Crippen LogP contribution in [0, 0.1) is 0 Å². The Hall–Kier alpha value is -2.40. The summed E-state index contributed by atoms with van der Waals surface area (Å²) in [4.78, 5) is 0. The first-order valence-corrected chi connectivity index (χ1v) is 7.08. The zero-order valence-electron chi connectivity index (χ0n) is 11.7. The van der Waals surface area contributed by atoms with Gasteiger partial charge in [0.05, 0.1) is 5.71 Å². The van der Waals surface area contributed by atoms with E-state index in [4.69, 9.17) is 12.2 Å². The smallest absolute Gasteiger partial charge is 0.191 e. The molecule has 2 aromatic carbocycles. The van der Waals surface area contributed by atoms with Gasteiger partial charge in [0.2, 0.25) is 0 Å². The predicted octanol–water partition coefficient (Wildman–Crippen LogP) is 3.49. The fraction of sp³-hybridized carbons (Fsp3) is 0.125. The number of phenols is 1. The molecule has 21 heavy (non-hydrogen) atoms. The van der Waals surface area contributed by atoms with Crippen LogP contribution < -0.4 is 10.7 Å². The van der Waals surface area contributed by atoms with Crippen molar-refractivity contribution >= 4 is 28.7 Å². The van der Waals surface area contributed by atoms with Crippen LogP contribution in [0.2, 0.25) is 0 Å². The van der Waals surface area contributed by atoms with Crippen molar-refractivity contribution in [2.75, 3.05) is 5.32 Å². The minimum Gasteiger partial charge on any atom is -0.508 e. The van der Waals surface area contributed by atoms with Crippen LogP contribution in [0.5, 0.6) is 5.75 Å². The number of hydrazone groups is 1. The molecular weight excluding hydrogens is 282 g/mol. The molecule has 2 aromatic rings. The highest BCUT2D eigenvalue weighted by molar-refractivity contribution is 7.80. The molecule has 0 fully saturated rings. The van der Waals surface area contributed by atoms with Gasteiger partial charge in [-0.3, -0.25) is 5.43 Å². The third kappa shape index (κ3) is 4.57. The minimum atomic E-state index is 0.239. The predicted molar refractivity (Wildman–Crippen MR) is 90.7 cm³/mol. The summed E-state index contributed by atoms with van der Waals surface area (Å²) in [5.74, 6) is 0.239. The Morgan fingerprint density at radius 2 is 1.76 bits per heavy atom. The van der Waals surface area contributed by atoms with E-state index in [9.17, 15) is 5.11 Å². The van der Waals surface area contributed by atoms with E-state index in [-0.39, 0.29) is 5.75 Å². The van der Waals surface area contributed by atoms with Crippen LogP contribution in [0.25, 0.3) is 0 Å². The molecule has 0 heterocycles. The van der Waals surface area contributed by atoms with Crippen molar-refractivity contribution in [1.82, 2.24) is 5.43 Å². The summed E-state index contributed by atoms with van der Waals surface area (Å²) in [6.45, 7) is 2.01. The number of nitrogens with one attached hydrogen (secondary N) is 2. The second-order valence-corrected chi connectivity index (χ2v) is 4.80. The molecule has 0 saturated heterocycles. The van der Waals surface area contributed by atoms with Crippen molar-refractivity contribution in [3.8, 4) is 5.75 Å². The molecule has 0 aromatic heterocycles. The number of thiocarbonyl (C=S) groups is 1. The molecule has 3 N–H and O–H groups in total. The van der Waals surface area contributed by atoms with Gasteiger partial charge in [0.15, 0.2) is 5.11 Å². The maximum Gasteiger partial charge on any atom is 0.191 e. The van der Waals surface area contributed by atoms with E-state index in [0.717, 1.165) is 23.4 Å². The number of aromatic hydroxyl groups is 1. The number of hydrogen-bond donors (Lipinski definition) is 3. The third-order valence-electron chi connectivity index (χ3n) is 2.86. The standard InChI is InChI=1S/C16H17N3OS/c1-2-15(12-8-10-14(20)11-9-12)18-19-16(21)17-13-6-4-3-5-7-13/h3-11,20H,2H2,1H3,(H2,17,19,21)/b18-15+. The third-order valence-corrected chi connectivity index (χ3v) is 3.05. The minimum absolute atomic E-state index is 0.239. The summed E-state index contributed by atoms with van der Waals surface area (Å²) in [5.41, 5.74) is 5.57. The van der Waals surface area contributed by atoms with Gasteiger partial charge < -0.3 is 10.4 Å². The van der Waals surface area contributed by atoms with Crippen LogP contribution >= 0.6 is 12.2 Å². The van der Waals surface area contributed by atoms with Crippen LogP contribution in [0.4, 0.5) is 5.69 Å². The molecule has 0 bridgehead atoms. The molecule has 0 saturated carbocycles. The number of phenolic OH excluding ortho intramolecular Hbond substituents is 1. The Kier molecular flexibility index (Phi) is 5.29. The van der Waals surface area contributed by atoms with Crippen molar-refractivity contribution < 1.29 is 5.11 Å². The number of anilines is 1. The van der Waals surface area contributed by atoms with E-state index in [0.29, 0.717) is 5.11 Å². The molecule has 0 spiro atoms. The van der Waals surface area contributed by atoms with E-state index in [1.165, 1.54) is 0 Å². The Morgan fingerprint density at radius 3 is 2.38 bits per heavy atom. The molecule has 0 radical (unpaired) electrons. The van der Waals surface area contributed by atoms with Gasteiger partial charge in [-0.25, -0.2) is 0 Å². The van der Waals surface area contributed by atoms with Crippen molar-refractivity contribution in [1.29, 1.82) is 0 Å². The van der Waals surface area contributed by atoms with E-state index < -0.39 is 0 Å². The van der Waals surface area contributed by atoms with E-state index in [2.05, 4.69) is 15.8 Å². The van der Waals surface area contributed by atoms with Gasteiger partial charge in [-0.2, -0.15) is 5.10 Å². The molecule has 108 valence electrons. The van der Waals surface area contributed by atoms with Gasteiger partial charge in [-0.05, 0) is 60.6 Å². The molecule has 0 aliphatic heterocycles. The highest BCUT2D eigenvalue weighted by atomic mass is 32.1. The Labute approximate surface area is 129 Å². The first-order valence-electron chi connectivity index (χ1n) is 6.67. The van der Waals surface area contributed by atoms with Gasteiger partial charge >= 0.3 is 0 Å². The zero-order chi connectivity index (χ0) is 15.1. The lowest BCUT2D eigenvalue weighted by atomic mass is 10.1. The number of nitrogens with zero attached hydrogens (tertiary/aromatic N) is 1. The first-order chi connectivity index (χ1) is 10.2. The lowest BCUT2D eigenvalue weighted by Gasteiger charge is -2.09. The Bertz CT molecular complexity index is 624. The van der Waals surface area contributed by atoms with Crippen LogP contribution in [-0.4, -0.2) is 15.9 Å². The van der Waals surface area contributed by atoms with Crippen LogP contribution in [0.1, 0.15) is 18.9 Å². The summed E-state index contributed by atoms with van der Waals surface area (Å²) >= 11 is 5.20. The van der Waals surface area contributed by atoms with Crippen molar-refractivity contribution in [3.05, 3.63) is 60.2 Å². The molecule has 0 amide bonds. The van der Waals surface area contributed by atoms with Crippen LogP contribution in [0.15, 0.2) is 59.7 Å². The molecule has 0 aliphatic rings. The molecule has 5 heteroatoms.